The van der Waals surface area contributed by atoms with Crippen molar-refractivity contribution in [2.75, 3.05) is 31.1 Å². The molecule has 1 saturated heterocycles. The van der Waals surface area contributed by atoms with Crippen LogP contribution in [0.4, 0.5) is 5.82 Å². The first kappa shape index (κ1) is 18.7. The van der Waals surface area contributed by atoms with E-state index in [1.54, 1.807) is 0 Å². The third-order valence-corrected chi connectivity index (χ3v) is 4.39. The predicted octanol–water partition coefficient (Wildman–Crippen LogP) is 3.42. The maximum absolute atomic E-state index is 12.4. The Balaban J connectivity index is 2.15. The van der Waals surface area contributed by atoms with Gasteiger partial charge in [0.25, 0.3) is 0 Å². The molecule has 0 unspecified atom stereocenters. The van der Waals surface area contributed by atoms with Crippen molar-refractivity contribution in [2.24, 2.45) is 5.41 Å². The summed E-state index contributed by atoms with van der Waals surface area (Å²) in [6.45, 7) is 17.7. The second-order valence-corrected chi connectivity index (χ2v) is 8.35. The number of carbonyl (C=O) groups excluding carboxylic acids is 1. The highest BCUT2D eigenvalue weighted by Gasteiger charge is 2.30. The maximum atomic E-state index is 12.4. The van der Waals surface area contributed by atoms with Crippen LogP contribution in [0.15, 0.2) is 6.07 Å². The molecule has 0 saturated carbocycles. The van der Waals surface area contributed by atoms with E-state index in [2.05, 4.69) is 38.7 Å². The lowest BCUT2D eigenvalue weighted by molar-refractivity contribution is -0.139. The van der Waals surface area contributed by atoms with Crippen LogP contribution in [-0.4, -0.2) is 47.0 Å². The molecule has 1 amide bonds. The van der Waals surface area contributed by atoms with E-state index < -0.39 is 0 Å². The zero-order valence-electron chi connectivity index (χ0n) is 16.3. The molecule has 1 aliphatic heterocycles. The first-order valence-electron chi connectivity index (χ1n) is 9.02. The van der Waals surface area contributed by atoms with Crippen molar-refractivity contribution in [2.45, 2.75) is 60.3 Å². The molecule has 0 aromatic carbocycles. The summed E-state index contributed by atoms with van der Waals surface area (Å²) in [7, 11) is 0. The highest BCUT2D eigenvalue weighted by molar-refractivity contribution is 5.81. The van der Waals surface area contributed by atoms with E-state index in [1.165, 1.54) is 0 Å². The minimum Gasteiger partial charge on any atom is -0.353 e. The van der Waals surface area contributed by atoms with E-state index >= 15 is 0 Å². The predicted molar refractivity (Wildman–Crippen MR) is 98.5 cm³/mol. The SMILES string of the molecule is CC(C)c1cc(N2CCN(C(=O)C(C)(C)C)CC2)nc(C(C)C)n1. The van der Waals surface area contributed by atoms with E-state index in [0.29, 0.717) is 11.8 Å². The van der Waals surface area contributed by atoms with Gasteiger partial charge < -0.3 is 9.80 Å². The summed E-state index contributed by atoms with van der Waals surface area (Å²) in [5, 5.41) is 0. The zero-order chi connectivity index (χ0) is 18.1. The minimum absolute atomic E-state index is 0.232. The van der Waals surface area contributed by atoms with Gasteiger partial charge in [0, 0.05) is 49.3 Å². The Morgan fingerprint density at radius 1 is 1.00 bits per heavy atom. The first-order valence-corrected chi connectivity index (χ1v) is 9.02. The van der Waals surface area contributed by atoms with Gasteiger partial charge >= 0.3 is 0 Å². The number of hydrogen-bond acceptors (Lipinski definition) is 4. The Labute approximate surface area is 146 Å². The highest BCUT2D eigenvalue weighted by atomic mass is 16.2. The number of carbonyl (C=O) groups is 1. The van der Waals surface area contributed by atoms with Gasteiger partial charge in [0.2, 0.25) is 5.91 Å². The second-order valence-electron chi connectivity index (χ2n) is 8.35. The number of piperazine rings is 1. The lowest BCUT2D eigenvalue weighted by atomic mass is 9.94. The molecule has 0 aliphatic carbocycles. The van der Waals surface area contributed by atoms with Crippen LogP contribution in [0.5, 0.6) is 0 Å². The van der Waals surface area contributed by atoms with Gasteiger partial charge in [0.05, 0.1) is 0 Å². The lowest BCUT2D eigenvalue weighted by Crippen LogP contribution is -2.52. The van der Waals surface area contributed by atoms with Crippen molar-refractivity contribution in [3.63, 3.8) is 0 Å². The van der Waals surface area contributed by atoms with E-state index in [0.717, 1.165) is 43.5 Å². The molecule has 0 N–H and O–H groups in total. The Bertz CT molecular complexity index is 555. The molecule has 1 fully saturated rings. The second kappa shape index (κ2) is 7.08. The van der Waals surface area contributed by atoms with Crippen molar-refractivity contribution < 1.29 is 4.79 Å². The van der Waals surface area contributed by atoms with Gasteiger partial charge in [0.15, 0.2) is 0 Å². The molecular weight excluding hydrogens is 300 g/mol. The van der Waals surface area contributed by atoms with Gasteiger partial charge in [-0.05, 0) is 5.92 Å². The van der Waals surface area contributed by atoms with Gasteiger partial charge in [-0.25, -0.2) is 9.97 Å². The number of anilines is 1. The van der Waals surface area contributed by atoms with Crippen molar-refractivity contribution in [1.29, 1.82) is 0 Å². The quantitative estimate of drug-likeness (QED) is 0.851. The van der Waals surface area contributed by atoms with Gasteiger partial charge in [-0.15, -0.1) is 0 Å². The van der Waals surface area contributed by atoms with E-state index in [-0.39, 0.29) is 11.3 Å². The molecule has 5 nitrogen and oxygen atoms in total. The summed E-state index contributed by atoms with van der Waals surface area (Å²) in [5.41, 5.74) is 0.782. The van der Waals surface area contributed by atoms with Crippen LogP contribution in [0.1, 0.15) is 71.8 Å². The summed E-state index contributed by atoms with van der Waals surface area (Å²) in [6, 6.07) is 2.11. The standard InChI is InChI=1S/C19H32N4O/c1-13(2)15-12-16(21-17(20-15)14(3)4)22-8-10-23(11-9-22)18(24)19(5,6)7/h12-14H,8-11H2,1-7H3. The molecule has 2 heterocycles. The summed E-state index contributed by atoms with van der Waals surface area (Å²) >= 11 is 0. The number of hydrogen-bond donors (Lipinski definition) is 0. The fraction of sp³-hybridized carbons (Fsp3) is 0.737. The minimum atomic E-state index is -0.313. The summed E-state index contributed by atoms with van der Waals surface area (Å²) < 4.78 is 0. The van der Waals surface area contributed by atoms with Crippen LogP contribution in [-0.2, 0) is 4.79 Å². The van der Waals surface area contributed by atoms with Crippen LogP contribution >= 0.6 is 0 Å². The summed E-state index contributed by atoms with van der Waals surface area (Å²) in [5.74, 6) is 2.83. The van der Waals surface area contributed by atoms with Crippen molar-refractivity contribution in [1.82, 2.24) is 14.9 Å². The number of nitrogens with zero attached hydrogens (tertiary/aromatic N) is 4. The Morgan fingerprint density at radius 2 is 1.58 bits per heavy atom. The fourth-order valence-electron chi connectivity index (χ4n) is 2.80. The monoisotopic (exact) mass is 332 g/mol. The van der Waals surface area contributed by atoms with Crippen LogP contribution in [0.25, 0.3) is 0 Å². The van der Waals surface area contributed by atoms with Gasteiger partial charge in [-0.2, -0.15) is 0 Å². The largest absolute Gasteiger partial charge is 0.353 e. The van der Waals surface area contributed by atoms with Gasteiger partial charge in [-0.1, -0.05) is 48.5 Å². The molecule has 0 atom stereocenters. The molecule has 1 aromatic heterocycles. The molecule has 134 valence electrons. The molecule has 0 bridgehead atoms. The van der Waals surface area contributed by atoms with E-state index in [9.17, 15) is 4.79 Å². The molecule has 24 heavy (non-hydrogen) atoms. The van der Waals surface area contributed by atoms with E-state index in [1.807, 2.05) is 25.7 Å². The topological polar surface area (TPSA) is 49.3 Å². The van der Waals surface area contributed by atoms with Crippen LogP contribution in [0, 0.1) is 5.41 Å². The molecule has 5 heteroatoms. The lowest BCUT2D eigenvalue weighted by Gasteiger charge is -2.38. The Hall–Kier alpha value is -1.65. The van der Waals surface area contributed by atoms with Gasteiger partial charge in [-0.3, -0.25) is 4.79 Å². The van der Waals surface area contributed by atoms with Crippen molar-refractivity contribution in [3.05, 3.63) is 17.6 Å². The Kier molecular flexibility index (Phi) is 5.51. The number of aromatic nitrogens is 2. The molecule has 1 aromatic rings. The van der Waals surface area contributed by atoms with Crippen LogP contribution in [0.2, 0.25) is 0 Å². The molecular formula is C19H32N4O. The summed E-state index contributed by atoms with van der Waals surface area (Å²) in [6.07, 6.45) is 0. The normalized spacial score (nSPS) is 16.2. The molecule has 0 spiro atoms. The van der Waals surface area contributed by atoms with E-state index in [4.69, 9.17) is 9.97 Å². The maximum Gasteiger partial charge on any atom is 0.228 e. The number of amides is 1. The average Bonchev–Trinajstić information content (AvgIpc) is 2.53. The number of rotatable bonds is 3. The summed E-state index contributed by atoms with van der Waals surface area (Å²) in [4.78, 5) is 26.2. The zero-order valence-corrected chi connectivity index (χ0v) is 16.3. The Morgan fingerprint density at radius 3 is 2.04 bits per heavy atom. The molecule has 1 aliphatic rings. The molecule has 0 radical (unpaired) electrons. The van der Waals surface area contributed by atoms with Crippen molar-refractivity contribution >= 4 is 11.7 Å². The third kappa shape index (κ3) is 4.25. The fourth-order valence-corrected chi connectivity index (χ4v) is 2.80. The van der Waals surface area contributed by atoms with Crippen molar-refractivity contribution in [3.8, 4) is 0 Å². The van der Waals surface area contributed by atoms with Crippen LogP contribution in [0.3, 0.4) is 0 Å². The van der Waals surface area contributed by atoms with Crippen LogP contribution < -0.4 is 4.90 Å². The highest BCUT2D eigenvalue weighted by Crippen LogP contribution is 2.24. The first-order chi connectivity index (χ1) is 11.1. The average molecular weight is 332 g/mol. The van der Waals surface area contributed by atoms with Gasteiger partial charge in [0.1, 0.15) is 11.6 Å². The molecule has 2 rings (SSSR count). The third-order valence-electron chi connectivity index (χ3n) is 4.39. The smallest absolute Gasteiger partial charge is 0.228 e.